The molecule has 106 valence electrons. The molecule has 0 aliphatic heterocycles. The fourth-order valence-electron chi connectivity index (χ4n) is 1.64. The lowest BCUT2D eigenvalue weighted by Gasteiger charge is -2.12. The van der Waals surface area contributed by atoms with Crippen molar-refractivity contribution in [1.82, 2.24) is 0 Å². The van der Waals surface area contributed by atoms with Crippen LogP contribution in [0.5, 0.6) is 5.75 Å². The normalized spacial score (nSPS) is 10.9. The molecule has 0 aliphatic carbocycles. The van der Waals surface area contributed by atoms with Crippen LogP contribution in [-0.4, -0.2) is 6.61 Å². The average molecular weight is 358 g/mol. The molecule has 0 bridgehead atoms. The predicted molar refractivity (Wildman–Crippen MR) is 78.5 cm³/mol. The molecule has 0 radical (unpaired) electrons. The zero-order valence-electron chi connectivity index (χ0n) is 9.64. The number of ether oxygens (including phenoxy) is 1. The molecule has 0 unspecified atom stereocenters. The summed E-state index contributed by atoms with van der Waals surface area (Å²) >= 11 is 23.6. The third kappa shape index (κ3) is 3.47. The molecule has 0 spiro atoms. The number of halogens is 6. The number of alkyl halides is 2. The molecule has 2 rings (SSSR count). The highest BCUT2D eigenvalue weighted by Gasteiger charge is 2.14. The average Bonchev–Trinajstić information content (AvgIpc) is 2.37. The summed E-state index contributed by atoms with van der Waals surface area (Å²) in [6.07, 6.45) is 0. The van der Waals surface area contributed by atoms with Gasteiger partial charge in [-0.25, -0.2) is 0 Å². The first-order valence-electron chi connectivity index (χ1n) is 5.27. The Morgan fingerprint density at radius 3 is 2.05 bits per heavy atom. The van der Waals surface area contributed by atoms with Crippen molar-refractivity contribution in [1.29, 1.82) is 0 Å². The van der Waals surface area contributed by atoms with E-state index < -0.39 is 6.61 Å². The highest BCUT2D eigenvalue weighted by molar-refractivity contribution is 6.48. The number of hydrogen-bond acceptors (Lipinski definition) is 1. The first-order chi connectivity index (χ1) is 9.38. The van der Waals surface area contributed by atoms with E-state index in [-0.39, 0.29) is 20.8 Å². The quantitative estimate of drug-likeness (QED) is 0.564. The van der Waals surface area contributed by atoms with Crippen molar-refractivity contribution in [2.24, 2.45) is 0 Å². The molecule has 0 saturated carbocycles. The van der Waals surface area contributed by atoms with Crippen LogP contribution in [-0.2, 0) is 0 Å². The monoisotopic (exact) mass is 356 g/mol. The van der Waals surface area contributed by atoms with E-state index in [4.69, 9.17) is 46.4 Å². The van der Waals surface area contributed by atoms with Crippen LogP contribution in [0, 0.1) is 0 Å². The van der Waals surface area contributed by atoms with Crippen LogP contribution in [0.15, 0.2) is 30.3 Å². The van der Waals surface area contributed by atoms with Crippen molar-refractivity contribution in [3.63, 3.8) is 0 Å². The molecule has 2 aromatic carbocycles. The standard InChI is InChI=1S/C13H6Cl4F2O/c14-7-1-2-11(20-13(18)19)8(5-7)6-3-9(15)12(17)10(16)4-6/h1-5,13H. The molecule has 0 N–H and O–H groups in total. The van der Waals surface area contributed by atoms with Crippen LogP contribution < -0.4 is 4.74 Å². The molecule has 7 heteroatoms. The molecule has 0 aromatic heterocycles. The summed E-state index contributed by atoms with van der Waals surface area (Å²) < 4.78 is 29.3. The Bertz CT molecular complexity index is 623. The van der Waals surface area contributed by atoms with Crippen LogP contribution in [0.2, 0.25) is 20.1 Å². The van der Waals surface area contributed by atoms with Gasteiger partial charge in [0.15, 0.2) is 0 Å². The molecule has 0 fully saturated rings. The predicted octanol–water partition coefficient (Wildman–Crippen LogP) is 6.57. The summed E-state index contributed by atoms with van der Waals surface area (Å²) in [4.78, 5) is 0. The molecular formula is C13H6Cl4F2O. The topological polar surface area (TPSA) is 9.23 Å². The van der Waals surface area contributed by atoms with E-state index in [9.17, 15) is 8.78 Å². The second-order valence-corrected chi connectivity index (χ2v) is 5.40. The fourth-order valence-corrected chi connectivity index (χ4v) is 2.41. The zero-order valence-corrected chi connectivity index (χ0v) is 12.7. The smallest absolute Gasteiger partial charge is 0.387 e. The Morgan fingerprint density at radius 1 is 0.900 bits per heavy atom. The summed E-state index contributed by atoms with van der Waals surface area (Å²) in [6, 6.07) is 7.27. The second kappa shape index (κ2) is 6.35. The maximum atomic E-state index is 12.4. The van der Waals surface area contributed by atoms with Gasteiger partial charge in [0.25, 0.3) is 0 Å². The highest BCUT2D eigenvalue weighted by atomic mass is 35.5. The van der Waals surface area contributed by atoms with Gasteiger partial charge in [-0.05, 0) is 35.9 Å². The lowest BCUT2D eigenvalue weighted by molar-refractivity contribution is -0.0494. The number of rotatable bonds is 3. The van der Waals surface area contributed by atoms with Crippen LogP contribution >= 0.6 is 46.4 Å². The van der Waals surface area contributed by atoms with Crippen LogP contribution in [0.4, 0.5) is 8.78 Å². The molecule has 0 saturated heterocycles. The Hall–Kier alpha value is -0.740. The molecule has 0 atom stereocenters. The molecule has 0 amide bonds. The third-order valence-corrected chi connectivity index (χ3v) is 3.88. The minimum Gasteiger partial charge on any atom is -0.434 e. The Morgan fingerprint density at radius 2 is 1.50 bits per heavy atom. The van der Waals surface area contributed by atoms with Crippen molar-refractivity contribution in [3.05, 3.63) is 50.4 Å². The summed E-state index contributed by atoms with van der Waals surface area (Å²) in [5.41, 5.74) is 0.820. The minimum absolute atomic E-state index is 0.0288. The van der Waals surface area contributed by atoms with Gasteiger partial charge in [0, 0.05) is 10.6 Å². The van der Waals surface area contributed by atoms with Crippen LogP contribution in [0.1, 0.15) is 0 Å². The van der Waals surface area contributed by atoms with E-state index in [1.807, 2.05) is 0 Å². The summed E-state index contributed by atoms with van der Waals surface area (Å²) in [5.74, 6) is -0.0288. The Balaban J connectivity index is 2.59. The molecule has 2 aromatic rings. The van der Waals surface area contributed by atoms with Gasteiger partial charge in [0.1, 0.15) is 5.75 Å². The van der Waals surface area contributed by atoms with Gasteiger partial charge < -0.3 is 4.74 Å². The van der Waals surface area contributed by atoms with Crippen molar-refractivity contribution in [2.45, 2.75) is 6.61 Å². The molecule has 0 aliphatic rings. The SMILES string of the molecule is FC(F)Oc1ccc(Cl)cc1-c1cc(Cl)c(Cl)c(Cl)c1. The van der Waals surface area contributed by atoms with E-state index in [2.05, 4.69) is 4.74 Å². The maximum absolute atomic E-state index is 12.4. The fraction of sp³-hybridized carbons (Fsp3) is 0.0769. The third-order valence-electron chi connectivity index (χ3n) is 2.45. The molecular weight excluding hydrogens is 352 g/mol. The first kappa shape index (κ1) is 15.6. The van der Waals surface area contributed by atoms with Crippen molar-refractivity contribution in [3.8, 4) is 16.9 Å². The van der Waals surface area contributed by atoms with Crippen LogP contribution in [0.3, 0.4) is 0 Å². The van der Waals surface area contributed by atoms with Gasteiger partial charge in [-0.3, -0.25) is 0 Å². The lowest BCUT2D eigenvalue weighted by atomic mass is 10.0. The van der Waals surface area contributed by atoms with Gasteiger partial charge >= 0.3 is 6.61 Å². The largest absolute Gasteiger partial charge is 0.434 e. The van der Waals surface area contributed by atoms with Crippen molar-refractivity contribution in [2.75, 3.05) is 0 Å². The van der Waals surface area contributed by atoms with E-state index >= 15 is 0 Å². The Kier molecular flexibility index (Phi) is 4.97. The first-order valence-corrected chi connectivity index (χ1v) is 6.79. The Labute approximate surface area is 134 Å². The molecule has 1 nitrogen and oxygen atoms in total. The van der Waals surface area contributed by atoms with E-state index in [1.54, 1.807) is 0 Å². The summed E-state index contributed by atoms with van der Waals surface area (Å²) in [6.45, 7) is -2.95. The van der Waals surface area contributed by atoms with Gasteiger partial charge in [0.05, 0.1) is 15.1 Å². The van der Waals surface area contributed by atoms with Crippen molar-refractivity contribution < 1.29 is 13.5 Å². The van der Waals surface area contributed by atoms with Crippen LogP contribution in [0.25, 0.3) is 11.1 Å². The minimum atomic E-state index is -2.95. The summed E-state index contributed by atoms with van der Waals surface area (Å²) in [7, 11) is 0. The van der Waals surface area contributed by atoms with Gasteiger partial charge in [-0.15, -0.1) is 0 Å². The van der Waals surface area contributed by atoms with Gasteiger partial charge in [-0.1, -0.05) is 46.4 Å². The highest BCUT2D eigenvalue weighted by Crippen LogP contribution is 2.39. The van der Waals surface area contributed by atoms with E-state index in [0.717, 1.165) is 0 Å². The lowest BCUT2D eigenvalue weighted by Crippen LogP contribution is -2.03. The van der Waals surface area contributed by atoms with Crippen molar-refractivity contribution >= 4 is 46.4 Å². The number of hydrogen-bond donors (Lipinski definition) is 0. The zero-order chi connectivity index (χ0) is 14.9. The second-order valence-electron chi connectivity index (χ2n) is 3.77. The van der Waals surface area contributed by atoms with Gasteiger partial charge in [-0.2, -0.15) is 8.78 Å². The van der Waals surface area contributed by atoms with Gasteiger partial charge in [0.2, 0.25) is 0 Å². The molecule has 0 heterocycles. The summed E-state index contributed by atoms with van der Waals surface area (Å²) in [5, 5.41) is 0.966. The maximum Gasteiger partial charge on any atom is 0.387 e. The van der Waals surface area contributed by atoms with E-state index in [0.29, 0.717) is 16.1 Å². The molecule has 20 heavy (non-hydrogen) atoms. The van der Waals surface area contributed by atoms with E-state index in [1.165, 1.54) is 30.3 Å². The number of benzene rings is 2.